The number of aryl methyl sites for hydroxylation is 1. The number of aromatic nitrogens is 1. The zero-order chi connectivity index (χ0) is 26.2. The molecule has 0 aliphatic rings. The molecule has 0 saturated heterocycles. The van der Waals surface area contributed by atoms with E-state index in [1.165, 1.54) is 82.5 Å². The number of hydrogen-bond acceptors (Lipinski definition) is 3. The van der Waals surface area contributed by atoms with E-state index in [1.54, 1.807) is 6.07 Å². The highest BCUT2D eigenvalue weighted by molar-refractivity contribution is 6.05. The summed E-state index contributed by atoms with van der Waals surface area (Å²) in [6.07, 6.45) is 17.6. The first kappa shape index (κ1) is 33.1. The van der Waals surface area contributed by atoms with Crippen molar-refractivity contribution in [2.24, 2.45) is 7.05 Å². The molecule has 2 rings (SSSR count). The second-order valence-corrected chi connectivity index (χ2v) is 9.88. The molecular formula is C31H47IN2O3. The quantitative estimate of drug-likeness (QED) is 0.152. The minimum atomic E-state index is -0.292. The smallest absolute Gasteiger partial charge is 0.261 e. The molecule has 0 spiro atoms. The van der Waals surface area contributed by atoms with Crippen molar-refractivity contribution in [2.45, 2.75) is 104 Å². The lowest BCUT2D eigenvalue weighted by Gasteiger charge is -2.20. The summed E-state index contributed by atoms with van der Waals surface area (Å²) in [5.41, 5.74) is 2.18. The molecule has 2 aromatic rings. The second kappa shape index (κ2) is 19.2. The predicted octanol–water partition coefficient (Wildman–Crippen LogP) is 4.09. The fourth-order valence-electron chi connectivity index (χ4n) is 4.48. The van der Waals surface area contributed by atoms with E-state index in [2.05, 4.69) is 6.92 Å². The summed E-state index contributed by atoms with van der Waals surface area (Å²) in [6, 6.07) is 11.3. The first-order chi connectivity index (χ1) is 17.5. The number of ether oxygens (including phenoxy) is 1. The normalized spacial score (nSPS) is 10.6. The van der Waals surface area contributed by atoms with Crippen LogP contribution in [0.3, 0.4) is 0 Å². The number of rotatable bonds is 17. The van der Waals surface area contributed by atoms with Crippen molar-refractivity contribution >= 4 is 11.8 Å². The van der Waals surface area contributed by atoms with Crippen LogP contribution in [-0.2, 0) is 18.4 Å². The molecule has 5 nitrogen and oxygen atoms in total. The minimum absolute atomic E-state index is 0. The van der Waals surface area contributed by atoms with Crippen molar-refractivity contribution in [3.05, 3.63) is 59.4 Å². The van der Waals surface area contributed by atoms with Crippen molar-refractivity contribution in [1.82, 2.24) is 4.90 Å². The lowest BCUT2D eigenvalue weighted by atomic mass is 10.1. The maximum absolute atomic E-state index is 13.3. The molecule has 0 N–H and O–H groups in total. The third-order valence-electron chi connectivity index (χ3n) is 6.88. The van der Waals surface area contributed by atoms with E-state index in [0.29, 0.717) is 12.2 Å². The van der Waals surface area contributed by atoms with Crippen molar-refractivity contribution in [1.29, 1.82) is 0 Å². The molecule has 2 amide bonds. The Labute approximate surface area is 242 Å². The van der Waals surface area contributed by atoms with Gasteiger partial charge in [0.25, 0.3) is 5.91 Å². The first-order valence-electron chi connectivity index (χ1n) is 13.9. The van der Waals surface area contributed by atoms with E-state index < -0.39 is 0 Å². The molecule has 0 atom stereocenters. The molecule has 1 heterocycles. The number of halogens is 1. The number of carbonyl (C=O) groups excluding carboxylic acids is 2. The maximum atomic E-state index is 13.3. The highest BCUT2D eigenvalue weighted by Gasteiger charge is 2.25. The topological polar surface area (TPSA) is 50.5 Å². The van der Waals surface area contributed by atoms with Gasteiger partial charge in [-0.15, -0.1) is 0 Å². The SMILES string of the molecule is CCCCCCCCCCCCCCOc1cccc(C(=O)N(Cc2cccc[n+]2C)C(C)=O)c1C.[I-]. The number of imide groups is 1. The zero-order valence-electron chi connectivity index (χ0n) is 23.4. The highest BCUT2D eigenvalue weighted by Crippen LogP contribution is 2.24. The summed E-state index contributed by atoms with van der Waals surface area (Å²) in [5.74, 6) is 0.156. The van der Waals surface area contributed by atoms with Crippen LogP contribution in [0.25, 0.3) is 0 Å². The Hall–Kier alpha value is -1.96. The van der Waals surface area contributed by atoms with Gasteiger partial charge in [-0.25, -0.2) is 4.57 Å². The molecule has 206 valence electrons. The fraction of sp³-hybridized carbons (Fsp3) is 0.581. The predicted molar refractivity (Wildman–Crippen MR) is 146 cm³/mol. The largest absolute Gasteiger partial charge is 1.00 e. The van der Waals surface area contributed by atoms with Gasteiger partial charge in [-0.05, 0) is 25.5 Å². The van der Waals surface area contributed by atoms with Crippen LogP contribution in [0.1, 0.15) is 113 Å². The number of pyridine rings is 1. The summed E-state index contributed by atoms with van der Waals surface area (Å²) in [5, 5.41) is 0. The average Bonchev–Trinajstić information content (AvgIpc) is 2.86. The van der Waals surface area contributed by atoms with E-state index in [0.717, 1.165) is 23.4 Å². The molecule has 6 heteroatoms. The van der Waals surface area contributed by atoms with Crippen LogP contribution in [-0.4, -0.2) is 23.3 Å². The fourth-order valence-corrected chi connectivity index (χ4v) is 4.48. The third kappa shape index (κ3) is 12.0. The molecular weight excluding hydrogens is 575 g/mol. The Bertz CT molecular complexity index is 948. The van der Waals surface area contributed by atoms with Gasteiger partial charge in [0.15, 0.2) is 6.20 Å². The van der Waals surface area contributed by atoms with Crippen LogP contribution in [0.4, 0.5) is 0 Å². The Balaban J connectivity index is 0.00000684. The summed E-state index contributed by atoms with van der Waals surface area (Å²) in [7, 11) is 1.91. The average molecular weight is 623 g/mol. The first-order valence-corrected chi connectivity index (χ1v) is 13.9. The summed E-state index contributed by atoms with van der Waals surface area (Å²) in [6.45, 7) is 6.47. The van der Waals surface area contributed by atoms with Gasteiger partial charge in [0.2, 0.25) is 11.6 Å². The monoisotopic (exact) mass is 622 g/mol. The van der Waals surface area contributed by atoms with E-state index in [9.17, 15) is 9.59 Å². The van der Waals surface area contributed by atoms with Gasteiger partial charge in [0.1, 0.15) is 19.3 Å². The van der Waals surface area contributed by atoms with Gasteiger partial charge in [0.05, 0.1) is 6.61 Å². The van der Waals surface area contributed by atoms with Crippen molar-refractivity contribution < 1.29 is 42.9 Å². The van der Waals surface area contributed by atoms with Gasteiger partial charge < -0.3 is 28.7 Å². The van der Waals surface area contributed by atoms with E-state index in [1.807, 2.05) is 55.1 Å². The summed E-state index contributed by atoms with van der Waals surface area (Å²) >= 11 is 0. The van der Waals surface area contributed by atoms with Crippen LogP contribution in [0.5, 0.6) is 5.75 Å². The van der Waals surface area contributed by atoms with E-state index in [4.69, 9.17) is 4.74 Å². The molecule has 0 unspecified atom stereocenters. The highest BCUT2D eigenvalue weighted by atomic mass is 127. The number of benzene rings is 1. The molecule has 0 saturated carbocycles. The number of hydrogen-bond donors (Lipinski definition) is 0. The molecule has 0 aliphatic heterocycles. The molecule has 0 fully saturated rings. The molecule has 37 heavy (non-hydrogen) atoms. The lowest BCUT2D eigenvalue weighted by Crippen LogP contribution is -3.00. The van der Waals surface area contributed by atoms with Gasteiger partial charge in [-0.1, -0.05) is 89.7 Å². The summed E-state index contributed by atoms with van der Waals surface area (Å²) in [4.78, 5) is 26.9. The van der Waals surface area contributed by atoms with Crippen LogP contribution in [0.15, 0.2) is 42.6 Å². The molecule has 0 bridgehead atoms. The molecule has 1 aromatic carbocycles. The van der Waals surface area contributed by atoms with Crippen LogP contribution in [0, 0.1) is 6.92 Å². The van der Waals surface area contributed by atoms with Gasteiger partial charge in [0, 0.05) is 30.2 Å². The zero-order valence-corrected chi connectivity index (χ0v) is 25.6. The number of amides is 2. The molecule has 0 aliphatic carbocycles. The van der Waals surface area contributed by atoms with Crippen LogP contribution >= 0.6 is 0 Å². The number of nitrogens with zero attached hydrogens (tertiary/aromatic N) is 2. The van der Waals surface area contributed by atoms with Crippen molar-refractivity contribution in [2.75, 3.05) is 6.61 Å². The number of unbranched alkanes of at least 4 members (excludes halogenated alkanes) is 11. The Kier molecular flexibility index (Phi) is 17.1. The number of carbonyl (C=O) groups is 2. The Morgan fingerprint density at radius 3 is 2.00 bits per heavy atom. The van der Waals surface area contributed by atoms with Gasteiger partial charge in [-0.2, -0.15) is 0 Å². The lowest BCUT2D eigenvalue weighted by molar-refractivity contribution is -0.679. The Morgan fingerprint density at radius 2 is 1.43 bits per heavy atom. The van der Waals surface area contributed by atoms with Gasteiger partial charge in [-0.3, -0.25) is 14.5 Å². The van der Waals surface area contributed by atoms with Crippen molar-refractivity contribution in [3.8, 4) is 5.75 Å². The molecule has 1 aromatic heterocycles. The van der Waals surface area contributed by atoms with Crippen molar-refractivity contribution in [3.63, 3.8) is 0 Å². The van der Waals surface area contributed by atoms with Gasteiger partial charge >= 0.3 is 0 Å². The molecule has 0 radical (unpaired) electrons. The maximum Gasteiger partial charge on any atom is 0.261 e. The summed E-state index contributed by atoms with van der Waals surface area (Å²) < 4.78 is 7.96. The third-order valence-corrected chi connectivity index (χ3v) is 6.88. The Morgan fingerprint density at radius 1 is 0.838 bits per heavy atom. The van der Waals surface area contributed by atoms with E-state index >= 15 is 0 Å². The standard InChI is InChI=1S/C31H47N2O3.HI/c1-5-6-7-8-9-10-11-12-13-14-15-18-24-36-30-22-19-21-29(26(30)2)31(35)33(27(3)34)25-28-20-16-17-23-32(28)4;/h16-17,19-23H,5-15,18,24-25H2,1-4H3;1H/q+1;/p-1. The minimum Gasteiger partial charge on any atom is -1.00 e. The van der Waals surface area contributed by atoms with Crippen LogP contribution < -0.4 is 33.3 Å². The second-order valence-electron chi connectivity index (χ2n) is 9.88. The van der Waals surface area contributed by atoms with Crippen LogP contribution in [0.2, 0.25) is 0 Å². The van der Waals surface area contributed by atoms with E-state index in [-0.39, 0.29) is 42.3 Å².